The van der Waals surface area contributed by atoms with Gasteiger partial charge in [0.15, 0.2) is 5.17 Å². The van der Waals surface area contributed by atoms with Gasteiger partial charge in [0.25, 0.3) is 0 Å². The Balaban J connectivity index is 1.87. The van der Waals surface area contributed by atoms with Crippen molar-refractivity contribution < 1.29 is 9.53 Å². The number of hydrogen-bond donors (Lipinski definition) is 0. The third kappa shape index (κ3) is 5.28. The van der Waals surface area contributed by atoms with Crippen molar-refractivity contribution in [3.63, 3.8) is 0 Å². The molecule has 0 unspecified atom stereocenters. The van der Waals surface area contributed by atoms with Gasteiger partial charge in [-0.2, -0.15) is 5.10 Å². The van der Waals surface area contributed by atoms with E-state index in [4.69, 9.17) is 4.74 Å². The molecule has 0 spiro atoms. The second-order valence-electron chi connectivity index (χ2n) is 6.76. The number of thioether (sulfide) groups is 1. The molecular weight excluding hydrogens is 450 g/mol. The first kappa shape index (κ1) is 21.6. The van der Waals surface area contributed by atoms with Gasteiger partial charge in [-0.1, -0.05) is 65.3 Å². The van der Waals surface area contributed by atoms with Gasteiger partial charge in [-0.3, -0.25) is 9.69 Å². The molecule has 0 bridgehead atoms. The molecule has 1 atom stereocenters. The van der Waals surface area contributed by atoms with Crippen molar-refractivity contribution in [2.24, 2.45) is 10.2 Å². The van der Waals surface area contributed by atoms with Crippen LogP contribution in [0.2, 0.25) is 0 Å². The Labute approximate surface area is 184 Å². The highest BCUT2D eigenvalue weighted by atomic mass is 79.9. The molecule has 0 N–H and O–H groups in total. The maximum atomic E-state index is 12.9. The average molecular weight is 474 g/mol. The number of carbonyl (C=O) groups is 1. The monoisotopic (exact) mass is 473 g/mol. The molecule has 2 aromatic rings. The van der Waals surface area contributed by atoms with E-state index < -0.39 is 0 Å². The molecular formula is C22H24BrN3O2S. The van der Waals surface area contributed by atoms with Crippen LogP contribution in [0.4, 0.5) is 0 Å². The van der Waals surface area contributed by atoms with Crippen molar-refractivity contribution in [3.05, 3.63) is 63.6 Å². The van der Waals surface area contributed by atoms with Crippen LogP contribution in [-0.4, -0.2) is 34.5 Å². The predicted molar refractivity (Wildman–Crippen MR) is 124 cm³/mol. The number of nitrogens with zero attached hydrogens (tertiary/aromatic N) is 3. The Morgan fingerprint density at radius 3 is 2.79 bits per heavy atom. The van der Waals surface area contributed by atoms with Gasteiger partial charge in [-0.15, -0.1) is 5.10 Å². The van der Waals surface area contributed by atoms with E-state index >= 15 is 0 Å². The molecule has 1 amide bonds. The minimum absolute atomic E-state index is 0.0987. The van der Waals surface area contributed by atoms with Gasteiger partial charge in [0.2, 0.25) is 5.91 Å². The number of rotatable bonds is 7. The Bertz CT molecular complexity index is 945. The van der Waals surface area contributed by atoms with E-state index in [0.717, 1.165) is 34.0 Å². The van der Waals surface area contributed by atoms with Crippen LogP contribution in [0.5, 0.6) is 5.75 Å². The first-order valence-electron chi connectivity index (χ1n) is 9.50. The number of amidine groups is 1. The van der Waals surface area contributed by atoms with Gasteiger partial charge in [0.1, 0.15) is 5.75 Å². The van der Waals surface area contributed by atoms with Gasteiger partial charge >= 0.3 is 0 Å². The molecule has 0 saturated carbocycles. The number of carbonyl (C=O) groups excluding carboxylic acids is 1. The van der Waals surface area contributed by atoms with Crippen molar-refractivity contribution in [2.45, 2.75) is 38.5 Å². The summed E-state index contributed by atoms with van der Waals surface area (Å²) in [6.07, 6.45) is 3.43. The van der Waals surface area contributed by atoms with Crippen LogP contribution in [0, 0.1) is 6.92 Å². The van der Waals surface area contributed by atoms with Crippen molar-refractivity contribution in [3.8, 4) is 5.75 Å². The Morgan fingerprint density at radius 1 is 1.28 bits per heavy atom. The van der Waals surface area contributed by atoms with Crippen LogP contribution in [0.3, 0.4) is 0 Å². The van der Waals surface area contributed by atoms with E-state index in [0.29, 0.717) is 17.5 Å². The van der Waals surface area contributed by atoms with Gasteiger partial charge in [-0.05, 0) is 42.7 Å². The van der Waals surface area contributed by atoms with E-state index in [1.165, 1.54) is 11.8 Å². The minimum atomic E-state index is -0.0987. The first-order chi connectivity index (χ1) is 14.0. The quantitative estimate of drug-likeness (QED) is 0.399. The summed E-state index contributed by atoms with van der Waals surface area (Å²) in [5.74, 6) is 0.821. The topological polar surface area (TPSA) is 54.3 Å². The lowest BCUT2D eigenvalue weighted by Gasteiger charge is -2.17. The fourth-order valence-corrected chi connectivity index (χ4v) is 4.67. The molecule has 0 aliphatic carbocycles. The maximum Gasteiger partial charge on any atom is 0.242 e. The Morgan fingerprint density at radius 2 is 2.07 bits per heavy atom. The van der Waals surface area contributed by atoms with E-state index in [1.807, 2.05) is 36.4 Å². The molecule has 152 valence electrons. The Hall–Kier alpha value is -2.12. The lowest BCUT2D eigenvalue weighted by molar-refractivity contribution is -0.126. The van der Waals surface area contributed by atoms with Crippen molar-refractivity contribution in [1.29, 1.82) is 0 Å². The zero-order chi connectivity index (χ0) is 20.8. The fourth-order valence-electron chi connectivity index (χ4n) is 3.08. The summed E-state index contributed by atoms with van der Waals surface area (Å²) in [5.41, 5.74) is 3.09. The van der Waals surface area contributed by atoms with Crippen molar-refractivity contribution >= 4 is 45.0 Å². The highest BCUT2D eigenvalue weighted by Crippen LogP contribution is 2.32. The van der Waals surface area contributed by atoms with Crippen LogP contribution >= 0.6 is 27.7 Å². The number of ether oxygens (including phenoxy) is 1. The molecule has 7 heteroatoms. The summed E-state index contributed by atoms with van der Waals surface area (Å²) < 4.78 is 6.30. The standard InChI is InChI=1S/C22H24BrN3O2S/c1-4-7-20-21(27)26(14-16-9-6-5-8-15(16)2)22(29-20)25-24-13-17-12-18(23)10-11-19(17)28-3/h5-6,8-13,20H,4,7,14H2,1-3H3/b24-13-,25-22-/t20-/m0/s1. The second kappa shape index (κ2) is 10.1. The molecule has 1 saturated heterocycles. The summed E-state index contributed by atoms with van der Waals surface area (Å²) in [6, 6.07) is 13.8. The summed E-state index contributed by atoms with van der Waals surface area (Å²) in [4.78, 5) is 14.7. The first-order valence-corrected chi connectivity index (χ1v) is 11.2. The molecule has 1 heterocycles. The smallest absolute Gasteiger partial charge is 0.242 e. The number of methoxy groups -OCH3 is 1. The number of hydrogen-bond acceptors (Lipinski definition) is 5. The molecule has 3 rings (SSSR count). The number of halogens is 1. The summed E-state index contributed by atoms with van der Waals surface area (Å²) in [5, 5.41) is 9.20. The zero-order valence-corrected chi connectivity index (χ0v) is 19.2. The molecule has 29 heavy (non-hydrogen) atoms. The largest absolute Gasteiger partial charge is 0.496 e. The Kier molecular flexibility index (Phi) is 7.50. The number of benzene rings is 2. The van der Waals surface area contributed by atoms with Gasteiger partial charge in [0.05, 0.1) is 25.1 Å². The van der Waals surface area contributed by atoms with Crippen LogP contribution in [-0.2, 0) is 11.3 Å². The molecule has 0 radical (unpaired) electrons. The predicted octanol–water partition coefficient (Wildman–Crippen LogP) is 5.40. The van der Waals surface area contributed by atoms with Gasteiger partial charge in [-0.25, -0.2) is 0 Å². The van der Waals surface area contributed by atoms with Gasteiger partial charge < -0.3 is 4.74 Å². The average Bonchev–Trinajstić information content (AvgIpc) is 2.99. The number of aryl methyl sites for hydroxylation is 1. The molecule has 1 fully saturated rings. The van der Waals surface area contributed by atoms with Crippen molar-refractivity contribution in [2.75, 3.05) is 7.11 Å². The molecule has 2 aromatic carbocycles. The fraction of sp³-hybridized carbons (Fsp3) is 0.318. The summed E-state index contributed by atoms with van der Waals surface area (Å²) in [6.45, 7) is 4.65. The van der Waals surface area contributed by atoms with Crippen LogP contribution in [0.1, 0.15) is 36.5 Å². The van der Waals surface area contributed by atoms with E-state index in [1.54, 1.807) is 18.2 Å². The second-order valence-corrected chi connectivity index (χ2v) is 8.85. The molecule has 1 aliphatic heterocycles. The van der Waals surface area contributed by atoms with E-state index in [9.17, 15) is 4.79 Å². The normalized spacial score (nSPS) is 18.2. The van der Waals surface area contributed by atoms with Crippen molar-refractivity contribution in [1.82, 2.24) is 4.90 Å². The zero-order valence-electron chi connectivity index (χ0n) is 16.8. The summed E-state index contributed by atoms with van der Waals surface area (Å²) in [7, 11) is 1.62. The van der Waals surface area contributed by atoms with Crippen LogP contribution in [0.15, 0.2) is 57.1 Å². The third-order valence-electron chi connectivity index (χ3n) is 4.69. The van der Waals surface area contributed by atoms with Gasteiger partial charge in [0, 0.05) is 10.0 Å². The summed E-state index contributed by atoms with van der Waals surface area (Å²) >= 11 is 4.96. The minimum Gasteiger partial charge on any atom is -0.496 e. The SMILES string of the molecule is CCC[C@@H]1S/C(=N\N=C/c2cc(Br)ccc2OC)N(Cc2ccccc2C)C1=O. The third-order valence-corrected chi connectivity index (χ3v) is 6.42. The van der Waals surface area contributed by atoms with Crippen LogP contribution in [0.25, 0.3) is 0 Å². The highest BCUT2D eigenvalue weighted by molar-refractivity contribution is 9.10. The lowest BCUT2D eigenvalue weighted by Crippen LogP contribution is -2.31. The lowest BCUT2D eigenvalue weighted by atomic mass is 10.1. The van der Waals surface area contributed by atoms with E-state index in [2.05, 4.69) is 46.0 Å². The molecule has 1 aliphatic rings. The molecule has 0 aromatic heterocycles. The maximum absolute atomic E-state index is 12.9. The molecule has 5 nitrogen and oxygen atoms in total. The van der Waals surface area contributed by atoms with Crippen LogP contribution < -0.4 is 4.74 Å². The highest BCUT2D eigenvalue weighted by Gasteiger charge is 2.37. The van der Waals surface area contributed by atoms with E-state index in [-0.39, 0.29) is 11.2 Å². The number of amides is 1.